The molecule has 2 rings (SSSR count). The summed E-state index contributed by atoms with van der Waals surface area (Å²) in [6, 6.07) is 12.9. The number of benzene rings is 2. The molecule has 98 valence electrons. The second kappa shape index (κ2) is 5.35. The van der Waals surface area contributed by atoms with Gasteiger partial charge in [0.1, 0.15) is 5.82 Å². The van der Waals surface area contributed by atoms with Crippen LogP contribution < -0.4 is 0 Å². The third-order valence-corrected chi connectivity index (χ3v) is 3.17. The van der Waals surface area contributed by atoms with E-state index in [4.69, 9.17) is 0 Å². The summed E-state index contributed by atoms with van der Waals surface area (Å²) in [4.78, 5) is 12.0. The van der Waals surface area contributed by atoms with Crippen LogP contribution in [0, 0.1) is 18.7 Å². The van der Waals surface area contributed by atoms with E-state index in [-0.39, 0.29) is 17.3 Å². The highest BCUT2D eigenvalue weighted by Crippen LogP contribution is 2.26. The van der Waals surface area contributed by atoms with Crippen molar-refractivity contribution in [3.05, 3.63) is 59.4 Å². The zero-order valence-electron chi connectivity index (χ0n) is 11.4. The van der Waals surface area contributed by atoms with Gasteiger partial charge in [-0.3, -0.25) is 4.79 Å². The van der Waals surface area contributed by atoms with Crippen LogP contribution in [-0.4, -0.2) is 5.78 Å². The molecule has 0 heterocycles. The average Bonchev–Trinajstić information content (AvgIpc) is 2.38. The van der Waals surface area contributed by atoms with E-state index in [2.05, 4.69) is 0 Å². The normalized spacial score (nSPS) is 10.8. The Morgan fingerprint density at radius 2 is 1.68 bits per heavy atom. The van der Waals surface area contributed by atoms with Gasteiger partial charge in [0, 0.05) is 5.92 Å². The Morgan fingerprint density at radius 1 is 1.05 bits per heavy atom. The lowest BCUT2D eigenvalue weighted by Crippen LogP contribution is -2.12. The summed E-state index contributed by atoms with van der Waals surface area (Å²) in [6.45, 7) is 5.35. The number of hydrogen-bond acceptors (Lipinski definition) is 1. The minimum absolute atomic E-state index is 0.144. The number of carbonyl (C=O) groups excluding carboxylic acids is 1. The van der Waals surface area contributed by atoms with Crippen molar-refractivity contribution in [3.8, 4) is 11.1 Å². The summed E-state index contributed by atoms with van der Waals surface area (Å²) in [5.41, 5.74) is 2.66. The molecule has 1 nitrogen and oxygen atoms in total. The van der Waals surface area contributed by atoms with Crippen molar-refractivity contribution < 1.29 is 9.18 Å². The predicted molar refractivity (Wildman–Crippen MR) is 75.7 cm³/mol. The first-order valence-corrected chi connectivity index (χ1v) is 6.40. The monoisotopic (exact) mass is 256 g/mol. The number of ketones is 1. The van der Waals surface area contributed by atoms with Crippen LogP contribution in [0.5, 0.6) is 0 Å². The number of carbonyl (C=O) groups is 1. The quantitative estimate of drug-likeness (QED) is 0.731. The van der Waals surface area contributed by atoms with Gasteiger partial charge in [-0.2, -0.15) is 0 Å². The fourth-order valence-corrected chi connectivity index (χ4v) is 2.14. The molecule has 0 bridgehead atoms. The van der Waals surface area contributed by atoms with Crippen LogP contribution in [0.4, 0.5) is 4.39 Å². The Labute approximate surface area is 113 Å². The van der Waals surface area contributed by atoms with Crippen molar-refractivity contribution in [1.82, 2.24) is 0 Å². The molecule has 0 aliphatic rings. The zero-order chi connectivity index (χ0) is 14.0. The van der Waals surface area contributed by atoms with Crippen molar-refractivity contribution >= 4 is 5.78 Å². The van der Waals surface area contributed by atoms with Crippen LogP contribution in [-0.2, 0) is 0 Å². The summed E-state index contributed by atoms with van der Waals surface area (Å²) in [6.07, 6.45) is 0. The molecule has 0 atom stereocenters. The SMILES string of the molecule is Cc1cc(-c2ccccc2)cc(F)c1C(=O)C(C)C. The molecule has 0 aliphatic heterocycles. The lowest BCUT2D eigenvalue weighted by Gasteiger charge is -2.11. The summed E-state index contributed by atoms with van der Waals surface area (Å²) in [7, 11) is 0. The Morgan fingerprint density at radius 3 is 2.21 bits per heavy atom. The largest absolute Gasteiger partial charge is 0.294 e. The van der Waals surface area contributed by atoms with Crippen LogP contribution in [0.2, 0.25) is 0 Å². The van der Waals surface area contributed by atoms with E-state index in [1.807, 2.05) is 36.4 Å². The van der Waals surface area contributed by atoms with Crippen LogP contribution in [0.25, 0.3) is 11.1 Å². The number of Topliss-reactive ketones (excluding diaryl/α,β-unsaturated/α-hetero) is 1. The molecular formula is C17H17FO. The lowest BCUT2D eigenvalue weighted by atomic mass is 9.93. The number of hydrogen-bond donors (Lipinski definition) is 0. The Kier molecular flexibility index (Phi) is 3.79. The summed E-state index contributed by atoms with van der Waals surface area (Å²) in [5.74, 6) is -0.775. The van der Waals surface area contributed by atoms with Gasteiger partial charge in [-0.25, -0.2) is 4.39 Å². The molecule has 0 aromatic heterocycles. The lowest BCUT2D eigenvalue weighted by molar-refractivity contribution is 0.0934. The molecule has 0 fully saturated rings. The van der Waals surface area contributed by atoms with Gasteiger partial charge in [0.05, 0.1) is 5.56 Å². The molecule has 0 saturated carbocycles. The molecule has 2 aromatic carbocycles. The predicted octanol–water partition coefficient (Wildman–Crippen LogP) is 4.64. The van der Waals surface area contributed by atoms with E-state index in [0.29, 0.717) is 5.56 Å². The second-order valence-corrected chi connectivity index (χ2v) is 5.03. The van der Waals surface area contributed by atoms with Crippen LogP contribution in [0.3, 0.4) is 0 Å². The number of rotatable bonds is 3. The maximum atomic E-state index is 14.2. The van der Waals surface area contributed by atoms with Gasteiger partial charge in [0.25, 0.3) is 0 Å². The van der Waals surface area contributed by atoms with Gasteiger partial charge in [-0.05, 0) is 29.7 Å². The second-order valence-electron chi connectivity index (χ2n) is 5.03. The highest BCUT2D eigenvalue weighted by Gasteiger charge is 2.18. The molecule has 0 radical (unpaired) electrons. The highest BCUT2D eigenvalue weighted by atomic mass is 19.1. The molecule has 2 heteroatoms. The molecule has 19 heavy (non-hydrogen) atoms. The smallest absolute Gasteiger partial charge is 0.168 e. The van der Waals surface area contributed by atoms with E-state index < -0.39 is 5.82 Å². The van der Waals surface area contributed by atoms with Crippen molar-refractivity contribution in [1.29, 1.82) is 0 Å². The Hall–Kier alpha value is -1.96. The first-order valence-electron chi connectivity index (χ1n) is 6.40. The standard InChI is InChI=1S/C17H17FO/c1-11(2)17(19)16-12(3)9-14(10-15(16)18)13-7-5-4-6-8-13/h4-11H,1-3H3. The fraction of sp³-hybridized carbons (Fsp3) is 0.235. The highest BCUT2D eigenvalue weighted by molar-refractivity contribution is 5.99. The fourth-order valence-electron chi connectivity index (χ4n) is 2.14. The summed E-state index contributed by atoms with van der Waals surface area (Å²) >= 11 is 0. The zero-order valence-corrected chi connectivity index (χ0v) is 11.4. The van der Waals surface area contributed by atoms with Crippen molar-refractivity contribution in [2.24, 2.45) is 5.92 Å². The summed E-state index contributed by atoms with van der Waals surface area (Å²) in [5, 5.41) is 0. The van der Waals surface area contributed by atoms with Crippen molar-refractivity contribution in [2.75, 3.05) is 0 Å². The molecule has 0 amide bonds. The topological polar surface area (TPSA) is 17.1 Å². The number of halogens is 1. The van der Waals surface area contributed by atoms with Gasteiger partial charge in [0.15, 0.2) is 5.78 Å². The third kappa shape index (κ3) is 2.73. The minimum Gasteiger partial charge on any atom is -0.294 e. The molecular weight excluding hydrogens is 239 g/mol. The van der Waals surface area contributed by atoms with Gasteiger partial charge in [-0.1, -0.05) is 50.2 Å². The van der Waals surface area contributed by atoms with Gasteiger partial charge in [0.2, 0.25) is 0 Å². The maximum Gasteiger partial charge on any atom is 0.168 e. The van der Waals surface area contributed by atoms with Crippen molar-refractivity contribution in [2.45, 2.75) is 20.8 Å². The van der Waals surface area contributed by atoms with Crippen LogP contribution in [0.1, 0.15) is 29.8 Å². The van der Waals surface area contributed by atoms with Gasteiger partial charge in [-0.15, -0.1) is 0 Å². The van der Waals surface area contributed by atoms with Gasteiger partial charge < -0.3 is 0 Å². The van der Waals surface area contributed by atoms with E-state index in [0.717, 1.165) is 11.1 Å². The average molecular weight is 256 g/mol. The first kappa shape index (κ1) is 13.5. The maximum absolute atomic E-state index is 14.2. The van der Waals surface area contributed by atoms with E-state index >= 15 is 0 Å². The van der Waals surface area contributed by atoms with E-state index in [1.54, 1.807) is 20.8 Å². The van der Waals surface area contributed by atoms with Gasteiger partial charge >= 0.3 is 0 Å². The van der Waals surface area contributed by atoms with E-state index in [9.17, 15) is 9.18 Å². The van der Waals surface area contributed by atoms with E-state index in [1.165, 1.54) is 6.07 Å². The minimum atomic E-state index is -0.433. The first-order chi connectivity index (χ1) is 9.00. The Bertz CT molecular complexity index is 577. The summed E-state index contributed by atoms with van der Waals surface area (Å²) < 4.78 is 14.2. The third-order valence-electron chi connectivity index (χ3n) is 3.17. The van der Waals surface area contributed by atoms with Crippen molar-refractivity contribution in [3.63, 3.8) is 0 Å². The molecule has 2 aromatic rings. The molecule has 0 saturated heterocycles. The molecule has 0 unspecified atom stereocenters. The molecule has 0 aliphatic carbocycles. The van der Waals surface area contributed by atoms with Crippen LogP contribution in [0.15, 0.2) is 42.5 Å². The number of aryl methyl sites for hydroxylation is 1. The molecule has 0 N–H and O–H groups in total. The van der Waals surface area contributed by atoms with Crippen LogP contribution >= 0.6 is 0 Å². The molecule has 0 spiro atoms. The Balaban J connectivity index is 2.52.